The molecule has 0 aliphatic carbocycles. The molecule has 0 amide bonds. The number of benzene rings is 2. The van der Waals surface area contributed by atoms with Crippen LogP contribution in [0.4, 0.5) is 0 Å². The molecule has 0 saturated carbocycles. The van der Waals surface area contributed by atoms with Gasteiger partial charge in [0.1, 0.15) is 17.6 Å². The molecule has 0 aliphatic heterocycles. The Kier molecular flexibility index (Phi) is 7.98. The van der Waals surface area contributed by atoms with Crippen LogP contribution in [0.15, 0.2) is 53.5 Å². The molecule has 2 aromatic rings. The first-order valence-corrected chi connectivity index (χ1v) is 8.96. The fraction of sp³-hybridized carbons (Fsp3) is 0.333. The summed E-state index contributed by atoms with van der Waals surface area (Å²) in [6.07, 6.45) is -0.0529. The number of hydrogen-bond donors (Lipinski definition) is 2. The Morgan fingerprint density at radius 2 is 1.93 bits per heavy atom. The number of guanidine groups is 1. The zero-order valence-corrected chi connectivity index (χ0v) is 16.0. The van der Waals surface area contributed by atoms with Gasteiger partial charge >= 0.3 is 0 Å². The molecule has 0 aliphatic rings. The number of aliphatic imine (C=N–C) groups is 1. The molecule has 142 valence electrons. The third-order valence-corrected chi connectivity index (χ3v) is 3.76. The molecule has 0 radical (unpaired) electrons. The van der Waals surface area contributed by atoms with Crippen LogP contribution >= 0.6 is 0 Å². The summed E-state index contributed by atoms with van der Waals surface area (Å²) in [6, 6.07) is 17.2. The molecule has 27 heavy (non-hydrogen) atoms. The van der Waals surface area contributed by atoms with Crippen molar-refractivity contribution in [2.75, 3.05) is 20.2 Å². The van der Waals surface area contributed by atoms with Gasteiger partial charge in [-0.25, -0.2) is 4.99 Å². The number of nitrogens with zero attached hydrogens (tertiary/aromatic N) is 2. The Labute approximate surface area is 160 Å². The molecule has 2 N–H and O–H groups in total. The van der Waals surface area contributed by atoms with E-state index in [-0.39, 0.29) is 6.10 Å². The number of methoxy groups -OCH3 is 1. The van der Waals surface area contributed by atoms with Gasteiger partial charge in [0.05, 0.1) is 31.8 Å². The molecule has 2 rings (SSSR count). The molecule has 6 heteroatoms. The lowest BCUT2D eigenvalue weighted by atomic mass is 10.1. The maximum atomic E-state index is 8.99. The summed E-state index contributed by atoms with van der Waals surface area (Å²) in [6.45, 7) is 5.86. The lowest BCUT2D eigenvalue weighted by Crippen LogP contribution is -2.41. The molecular weight excluding hydrogens is 340 g/mol. The van der Waals surface area contributed by atoms with Gasteiger partial charge in [-0.05, 0) is 43.7 Å². The summed E-state index contributed by atoms with van der Waals surface area (Å²) in [5, 5.41) is 15.5. The third-order valence-electron chi connectivity index (χ3n) is 3.76. The first-order chi connectivity index (χ1) is 13.1. The summed E-state index contributed by atoms with van der Waals surface area (Å²) < 4.78 is 11.1. The van der Waals surface area contributed by atoms with Crippen molar-refractivity contribution >= 4 is 5.96 Å². The molecule has 0 bridgehead atoms. The molecule has 0 aromatic heterocycles. The highest BCUT2D eigenvalue weighted by Gasteiger charge is 2.07. The van der Waals surface area contributed by atoms with E-state index in [1.54, 1.807) is 13.2 Å². The standard InChI is InChI=1S/C21H26N4O2/c1-4-23-21(25-15-18-8-5-7-17(11-18)13-22)24-14-16(2)27-20-10-6-9-19(12-20)26-3/h5-12,16H,4,14-15H2,1-3H3,(H2,23,24,25). The Hall–Kier alpha value is -3.20. The number of ether oxygens (including phenoxy) is 2. The van der Waals surface area contributed by atoms with Gasteiger partial charge in [0.2, 0.25) is 0 Å². The van der Waals surface area contributed by atoms with Gasteiger partial charge in [0.15, 0.2) is 5.96 Å². The van der Waals surface area contributed by atoms with Crippen LogP contribution in [0, 0.1) is 11.3 Å². The molecule has 2 aromatic carbocycles. The summed E-state index contributed by atoms with van der Waals surface area (Å²) in [4.78, 5) is 4.57. The summed E-state index contributed by atoms with van der Waals surface area (Å²) in [5.41, 5.74) is 1.63. The van der Waals surface area contributed by atoms with Gasteiger partial charge < -0.3 is 20.1 Å². The molecule has 0 saturated heterocycles. The van der Waals surface area contributed by atoms with Gasteiger partial charge in [-0.3, -0.25) is 0 Å². The minimum absolute atomic E-state index is 0.0529. The SMILES string of the molecule is CCNC(=NCc1cccc(C#N)c1)NCC(C)Oc1cccc(OC)c1. The van der Waals surface area contributed by atoms with E-state index in [9.17, 15) is 0 Å². The normalized spacial score (nSPS) is 12.0. The van der Waals surface area contributed by atoms with Gasteiger partial charge in [0, 0.05) is 12.6 Å². The van der Waals surface area contributed by atoms with E-state index in [1.165, 1.54) is 0 Å². The fourth-order valence-corrected chi connectivity index (χ4v) is 2.44. The van der Waals surface area contributed by atoms with E-state index in [4.69, 9.17) is 14.7 Å². The average molecular weight is 366 g/mol. The van der Waals surface area contributed by atoms with Crippen molar-refractivity contribution in [2.45, 2.75) is 26.5 Å². The summed E-state index contributed by atoms with van der Waals surface area (Å²) in [7, 11) is 1.63. The van der Waals surface area contributed by atoms with Gasteiger partial charge in [0.25, 0.3) is 0 Å². The minimum atomic E-state index is -0.0529. The number of hydrogen-bond acceptors (Lipinski definition) is 4. The van der Waals surface area contributed by atoms with Crippen LogP contribution in [0.1, 0.15) is 25.0 Å². The Bertz CT molecular complexity index is 799. The zero-order chi connectivity index (χ0) is 19.5. The quantitative estimate of drug-likeness (QED) is 0.554. The van der Waals surface area contributed by atoms with Crippen LogP contribution < -0.4 is 20.1 Å². The van der Waals surface area contributed by atoms with Crippen LogP contribution in [0.5, 0.6) is 11.5 Å². The van der Waals surface area contributed by atoms with Crippen molar-refractivity contribution in [1.29, 1.82) is 5.26 Å². The second-order valence-electron chi connectivity index (χ2n) is 6.00. The van der Waals surface area contributed by atoms with Crippen LogP contribution in [-0.2, 0) is 6.54 Å². The van der Waals surface area contributed by atoms with E-state index in [2.05, 4.69) is 21.7 Å². The second kappa shape index (κ2) is 10.7. The van der Waals surface area contributed by atoms with Gasteiger partial charge in [-0.2, -0.15) is 5.26 Å². The van der Waals surface area contributed by atoms with E-state index < -0.39 is 0 Å². The van der Waals surface area contributed by atoms with Crippen molar-refractivity contribution in [3.8, 4) is 17.6 Å². The molecule has 0 spiro atoms. The first kappa shape index (κ1) is 20.1. The number of nitrogens with one attached hydrogen (secondary N) is 2. The largest absolute Gasteiger partial charge is 0.497 e. The second-order valence-corrected chi connectivity index (χ2v) is 6.00. The average Bonchev–Trinajstić information content (AvgIpc) is 2.70. The molecule has 0 fully saturated rings. The minimum Gasteiger partial charge on any atom is -0.497 e. The van der Waals surface area contributed by atoms with E-state index >= 15 is 0 Å². The maximum absolute atomic E-state index is 8.99. The Balaban J connectivity index is 1.91. The highest BCUT2D eigenvalue weighted by molar-refractivity contribution is 5.79. The van der Waals surface area contributed by atoms with Crippen molar-refractivity contribution in [2.24, 2.45) is 4.99 Å². The van der Waals surface area contributed by atoms with Crippen LogP contribution in [0.25, 0.3) is 0 Å². The lowest BCUT2D eigenvalue weighted by molar-refractivity contribution is 0.223. The van der Waals surface area contributed by atoms with Crippen LogP contribution in [0.3, 0.4) is 0 Å². The smallest absolute Gasteiger partial charge is 0.191 e. The number of nitriles is 1. The predicted octanol–water partition coefficient (Wildman–Crippen LogP) is 3.09. The van der Waals surface area contributed by atoms with Gasteiger partial charge in [-0.15, -0.1) is 0 Å². The molecule has 6 nitrogen and oxygen atoms in total. The van der Waals surface area contributed by atoms with Crippen LogP contribution in [-0.4, -0.2) is 32.3 Å². The van der Waals surface area contributed by atoms with E-state index in [1.807, 2.05) is 56.3 Å². The highest BCUT2D eigenvalue weighted by Crippen LogP contribution is 2.19. The molecule has 1 unspecified atom stereocenters. The molecule has 1 atom stereocenters. The zero-order valence-electron chi connectivity index (χ0n) is 16.0. The lowest BCUT2D eigenvalue weighted by Gasteiger charge is -2.18. The van der Waals surface area contributed by atoms with Gasteiger partial charge in [-0.1, -0.05) is 18.2 Å². The highest BCUT2D eigenvalue weighted by atomic mass is 16.5. The first-order valence-electron chi connectivity index (χ1n) is 8.96. The van der Waals surface area contributed by atoms with E-state index in [0.29, 0.717) is 24.6 Å². The predicted molar refractivity (Wildman–Crippen MR) is 107 cm³/mol. The Morgan fingerprint density at radius 1 is 1.15 bits per heavy atom. The van der Waals surface area contributed by atoms with Crippen molar-refractivity contribution in [3.05, 3.63) is 59.7 Å². The summed E-state index contributed by atoms with van der Waals surface area (Å²) in [5.74, 6) is 2.24. The number of rotatable bonds is 8. The maximum Gasteiger partial charge on any atom is 0.191 e. The van der Waals surface area contributed by atoms with Crippen molar-refractivity contribution in [1.82, 2.24) is 10.6 Å². The molecular formula is C21H26N4O2. The van der Waals surface area contributed by atoms with Crippen molar-refractivity contribution < 1.29 is 9.47 Å². The Morgan fingerprint density at radius 3 is 2.67 bits per heavy atom. The topological polar surface area (TPSA) is 78.7 Å². The molecule has 0 heterocycles. The third kappa shape index (κ3) is 6.90. The van der Waals surface area contributed by atoms with Crippen molar-refractivity contribution in [3.63, 3.8) is 0 Å². The van der Waals surface area contributed by atoms with E-state index in [0.717, 1.165) is 23.6 Å². The van der Waals surface area contributed by atoms with Crippen LogP contribution in [0.2, 0.25) is 0 Å². The monoisotopic (exact) mass is 366 g/mol. The fourth-order valence-electron chi connectivity index (χ4n) is 2.44. The summed E-state index contributed by atoms with van der Waals surface area (Å²) >= 11 is 0.